The smallest absolute Gasteiger partial charge is 0.265 e. The predicted octanol–water partition coefficient (Wildman–Crippen LogP) is 3.08. The molecule has 154 valence electrons. The van der Waals surface area contributed by atoms with E-state index in [0.717, 1.165) is 25.9 Å². The topological polar surface area (TPSA) is 84.3 Å². The number of amides is 1. The number of aromatic nitrogens is 2. The first-order chi connectivity index (χ1) is 13.2. The summed E-state index contributed by atoms with van der Waals surface area (Å²) in [5, 5.41) is 0.663. The Morgan fingerprint density at radius 3 is 2.57 bits per heavy atom. The third-order valence-corrected chi connectivity index (χ3v) is 8.22. The average Bonchev–Trinajstić information content (AvgIpc) is 3.35. The van der Waals surface area contributed by atoms with E-state index in [1.807, 2.05) is 37.3 Å². The van der Waals surface area contributed by atoms with Crippen LogP contribution in [0.3, 0.4) is 0 Å². The van der Waals surface area contributed by atoms with Crippen LogP contribution in [0.25, 0.3) is 10.7 Å². The van der Waals surface area contributed by atoms with E-state index in [4.69, 9.17) is 0 Å². The van der Waals surface area contributed by atoms with E-state index in [9.17, 15) is 13.2 Å². The minimum absolute atomic E-state index is 0.0240. The van der Waals surface area contributed by atoms with Gasteiger partial charge in [0.2, 0.25) is 10.0 Å². The first-order valence-corrected chi connectivity index (χ1v) is 11.9. The fraction of sp³-hybridized carbons (Fsp3) is 0.579. The molecule has 0 spiro atoms. The van der Waals surface area contributed by atoms with Gasteiger partial charge < -0.3 is 9.47 Å². The summed E-state index contributed by atoms with van der Waals surface area (Å²) in [6.45, 7) is 8.98. The van der Waals surface area contributed by atoms with Gasteiger partial charge in [-0.05, 0) is 46.1 Å². The number of hydrogen-bond donors (Lipinski definition) is 1. The lowest BCUT2D eigenvalue weighted by molar-refractivity contribution is 0.0796. The van der Waals surface area contributed by atoms with Crippen molar-refractivity contribution in [3.63, 3.8) is 0 Å². The van der Waals surface area contributed by atoms with Crippen LogP contribution >= 0.6 is 11.3 Å². The van der Waals surface area contributed by atoms with E-state index in [2.05, 4.69) is 9.71 Å². The highest BCUT2D eigenvalue weighted by atomic mass is 32.2. The van der Waals surface area contributed by atoms with Gasteiger partial charge in [0.25, 0.3) is 5.91 Å². The first kappa shape index (κ1) is 21.0. The normalized spacial score (nSPS) is 16.0. The predicted molar refractivity (Wildman–Crippen MR) is 111 cm³/mol. The maximum atomic E-state index is 12.8. The average molecular weight is 425 g/mol. The van der Waals surface area contributed by atoms with E-state index in [1.165, 1.54) is 11.3 Å². The molecule has 1 amide bonds. The standard InChI is InChI=1S/C19H28N4O3S2/c1-6-12(2)21-28(25,26)16-11-15(22(5)14(16)4)18-20-13(3)17(27-18)19(24)23-9-7-8-10-23/h11-12,21H,6-10H2,1-5H3. The Hall–Kier alpha value is -1.71. The molecule has 1 saturated heterocycles. The third kappa shape index (κ3) is 3.88. The van der Waals surface area contributed by atoms with Gasteiger partial charge in [0, 0.05) is 31.9 Å². The quantitative estimate of drug-likeness (QED) is 0.772. The molecule has 1 unspecified atom stereocenters. The van der Waals surface area contributed by atoms with Crippen LogP contribution in [0.15, 0.2) is 11.0 Å². The summed E-state index contributed by atoms with van der Waals surface area (Å²) in [5.41, 5.74) is 2.04. The van der Waals surface area contributed by atoms with Crippen LogP contribution in [0.4, 0.5) is 0 Å². The molecule has 0 saturated carbocycles. The van der Waals surface area contributed by atoms with Crippen molar-refractivity contribution in [1.29, 1.82) is 0 Å². The third-order valence-electron chi connectivity index (χ3n) is 5.35. The number of sulfonamides is 1. The van der Waals surface area contributed by atoms with Gasteiger partial charge in [-0.1, -0.05) is 6.92 Å². The van der Waals surface area contributed by atoms with E-state index >= 15 is 0 Å². The van der Waals surface area contributed by atoms with Crippen LogP contribution in [-0.4, -0.2) is 47.9 Å². The van der Waals surface area contributed by atoms with Crippen molar-refractivity contribution in [2.24, 2.45) is 7.05 Å². The molecule has 1 N–H and O–H groups in total. The fourth-order valence-electron chi connectivity index (χ4n) is 3.33. The molecule has 1 fully saturated rings. The second-order valence-electron chi connectivity index (χ2n) is 7.40. The Morgan fingerprint density at radius 2 is 1.96 bits per heavy atom. The number of hydrogen-bond acceptors (Lipinski definition) is 5. The van der Waals surface area contributed by atoms with Gasteiger partial charge in [-0.2, -0.15) is 0 Å². The molecule has 1 atom stereocenters. The molecule has 3 rings (SSSR count). The molecular formula is C19H28N4O3S2. The second-order valence-corrected chi connectivity index (χ2v) is 10.1. The Labute approximate surface area is 170 Å². The highest BCUT2D eigenvalue weighted by molar-refractivity contribution is 7.89. The lowest BCUT2D eigenvalue weighted by Crippen LogP contribution is -2.32. The largest absolute Gasteiger partial charge is 0.345 e. The number of nitrogens with one attached hydrogen (secondary N) is 1. The lowest BCUT2D eigenvalue weighted by atomic mass is 10.3. The molecule has 2 aromatic rings. The number of thiazole rings is 1. The number of carbonyl (C=O) groups is 1. The van der Waals surface area contributed by atoms with Gasteiger partial charge in [0.05, 0.1) is 11.4 Å². The zero-order chi connectivity index (χ0) is 20.6. The van der Waals surface area contributed by atoms with E-state index in [0.29, 0.717) is 33.4 Å². The van der Waals surface area contributed by atoms with Gasteiger partial charge >= 0.3 is 0 Å². The van der Waals surface area contributed by atoms with Crippen molar-refractivity contribution in [3.8, 4) is 10.7 Å². The van der Waals surface area contributed by atoms with Crippen LogP contribution in [0.1, 0.15) is 54.2 Å². The van der Waals surface area contributed by atoms with E-state index < -0.39 is 10.0 Å². The molecule has 9 heteroatoms. The molecule has 1 aliphatic rings. The maximum absolute atomic E-state index is 12.8. The molecule has 2 aromatic heterocycles. The highest BCUT2D eigenvalue weighted by Gasteiger charge is 2.27. The molecule has 3 heterocycles. The second kappa shape index (κ2) is 7.96. The highest BCUT2D eigenvalue weighted by Crippen LogP contribution is 2.33. The zero-order valence-electron chi connectivity index (χ0n) is 17.1. The van der Waals surface area contributed by atoms with Crippen LogP contribution in [0.2, 0.25) is 0 Å². The SMILES string of the molecule is CCC(C)NS(=O)(=O)c1cc(-c2nc(C)c(C(=O)N3CCCC3)s2)n(C)c1C. The van der Waals surface area contributed by atoms with Crippen molar-refractivity contribution in [2.75, 3.05) is 13.1 Å². The van der Waals surface area contributed by atoms with Crippen molar-refractivity contribution in [3.05, 3.63) is 22.3 Å². The van der Waals surface area contributed by atoms with Crippen molar-refractivity contribution < 1.29 is 13.2 Å². The molecule has 0 radical (unpaired) electrons. The Balaban J connectivity index is 1.97. The summed E-state index contributed by atoms with van der Waals surface area (Å²) < 4.78 is 30.1. The summed E-state index contributed by atoms with van der Waals surface area (Å²) in [6, 6.07) is 1.52. The minimum Gasteiger partial charge on any atom is -0.345 e. The van der Waals surface area contributed by atoms with Crippen molar-refractivity contribution >= 4 is 27.3 Å². The molecule has 0 aliphatic carbocycles. The van der Waals surface area contributed by atoms with E-state index in [1.54, 1.807) is 13.0 Å². The molecule has 0 bridgehead atoms. The summed E-state index contributed by atoms with van der Waals surface area (Å²) in [5.74, 6) is 0.0240. The minimum atomic E-state index is -3.61. The number of likely N-dealkylation sites (tertiary alicyclic amines) is 1. The van der Waals surface area contributed by atoms with Gasteiger partial charge in [0.15, 0.2) is 0 Å². The fourth-order valence-corrected chi connectivity index (χ4v) is 6.03. The van der Waals surface area contributed by atoms with Crippen molar-refractivity contribution in [2.45, 2.75) is 57.9 Å². The molecular weight excluding hydrogens is 396 g/mol. The van der Waals surface area contributed by atoms with Crippen LogP contribution in [0.5, 0.6) is 0 Å². The van der Waals surface area contributed by atoms with Crippen LogP contribution < -0.4 is 4.72 Å². The summed E-state index contributed by atoms with van der Waals surface area (Å²) in [7, 11) is -1.79. The Bertz CT molecular complexity index is 985. The van der Waals surface area contributed by atoms with Gasteiger partial charge in [-0.15, -0.1) is 11.3 Å². The van der Waals surface area contributed by atoms with E-state index in [-0.39, 0.29) is 16.8 Å². The molecule has 28 heavy (non-hydrogen) atoms. The zero-order valence-corrected chi connectivity index (χ0v) is 18.7. The van der Waals surface area contributed by atoms with Crippen LogP contribution in [0, 0.1) is 13.8 Å². The summed E-state index contributed by atoms with van der Waals surface area (Å²) in [4.78, 5) is 20.1. The molecule has 7 nitrogen and oxygen atoms in total. The van der Waals surface area contributed by atoms with Gasteiger partial charge in [-0.3, -0.25) is 4.79 Å². The molecule has 1 aliphatic heterocycles. The number of rotatable bonds is 6. The lowest BCUT2D eigenvalue weighted by Gasteiger charge is -2.13. The molecule has 0 aromatic carbocycles. The van der Waals surface area contributed by atoms with Gasteiger partial charge in [-0.25, -0.2) is 18.1 Å². The monoisotopic (exact) mass is 424 g/mol. The number of aryl methyl sites for hydroxylation is 1. The van der Waals surface area contributed by atoms with Crippen molar-refractivity contribution in [1.82, 2.24) is 19.2 Å². The Morgan fingerprint density at radius 1 is 1.32 bits per heavy atom. The summed E-state index contributed by atoms with van der Waals surface area (Å²) >= 11 is 1.33. The van der Waals surface area contributed by atoms with Gasteiger partial charge in [0.1, 0.15) is 14.8 Å². The summed E-state index contributed by atoms with van der Waals surface area (Å²) in [6.07, 6.45) is 2.79. The first-order valence-electron chi connectivity index (χ1n) is 9.61. The van der Waals surface area contributed by atoms with Crippen LogP contribution in [-0.2, 0) is 17.1 Å². The maximum Gasteiger partial charge on any atom is 0.265 e. The number of carbonyl (C=O) groups excluding carboxylic acids is 1. The number of nitrogens with zero attached hydrogens (tertiary/aromatic N) is 3. The Kier molecular flexibility index (Phi) is 5.97.